The van der Waals surface area contributed by atoms with Crippen LogP contribution in [0.3, 0.4) is 0 Å². The van der Waals surface area contributed by atoms with Crippen LogP contribution in [0.4, 0.5) is 0 Å². The maximum Gasteiger partial charge on any atom is 0.280 e. The Balaban J connectivity index is 2.10. The number of carbonyl (C=O) groups excluding carboxylic acids is 1. The number of allylic oxidation sites excluding steroid dienone is 2. The number of amides is 1. The number of thiocarbonyl (C=S) groups is 1. The minimum Gasteiger partial charge on any atom is -0.267 e. The molecule has 0 radical (unpaired) electrons. The summed E-state index contributed by atoms with van der Waals surface area (Å²) in [6.07, 6.45) is 5.46. The maximum absolute atomic E-state index is 11.5. The molecule has 1 amide bonds. The van der Waals surface area contributed by atoms with Gasteiger partial charge >= 0.3 is 0 Å². The average molecular weight is 262 g/mol. The number of carbonyl (C=O) groups is 1. The summed E-state index contributed by atoms with van der Waals surface area (Å²) in [5.41, 5.74) is 1.08. The van der Waals surface area contributed by atoms with E-state index in [9.17, 15) is 4.79 Å². The van der Waals surface area contributed by atoms with Gasteiger partial charge in [0.15, 0.2) is 4.32 Å². The fraction of sp³-hybridized carbons (Fsp3) is 0. The Morgan fingerprint density at radius 3 is 2.59 bits per heavy atom. The minimum atomic E-state index is -0.252. The molecule has 17 heavy (non-hydrogen) atoms. The van der Waals surface area contributed by atoms with E-state index in [1.807, 2.05) is 42.5 Å². The molecule has 1 aliphatic heterocycles. The van der Waals surface area contributed by atoms with Crippen molar-refractivity contribution in [2.45, 2.75) is 0 Å². The van der Waals surface area contributed by atoms with Gasteiger partial charge in [0.1, 0.15) is 0 Å². The standard InChI is InChI=1S/C12H10N2OS2/c13-14-11(15)10(17-12(14)16)8-4-7-9-5-2-1-3-6-9/h1-8H,13H2. The van der Waals surface area contributed by atoms with Crippen molar-refractivity contribution in [3.8, 4) is 0 Å². The molecule has 0 saturated carbocycles. The first-order chi connectivity index (χ1) is 8.18. The van der Waals surface area contributed by atoms with Gasteiger partial charge in [0.2, 0.25) is 0 Å². The minimum absolute atomic E-state index is 0.252. The van der Waals surface area contributed by atoms with Gasteiger partial charge in [-0.3, -0.25) is 4.79 Å². The van der Waals surface area contributed by atoms with Gasteiger partial charge in [-0.2, -0.15) is 0 Å². The van der Waals surface area contributed by atoms with Crippen molar-refractivity contribution < 1.29 is 4.79 Å². The van der Waals surface area contributed by atoms with Crippen LogP contribution >= 0.6 is 24.0 Å². The number of nitrogens with two attached hydrogens (primary N) is 1. The average Bonchev–Trinajstić information content (AvgIpc) is 2.59. The van der Waals surface area contributed by atoms with Crippen LogP contribution in [0.1, 0.15) is 5.56 Å². The van der Waals surface area contributed by atoms with E-state index >= 15 is 0 Å². The highest BCUT2D eigenvalue weighted by molar-refractivity contribution is 8.26. The number of hydrogen-bond acceptors (Lipinski definition) is 4. The molecule has 0 bridgehead atoms. The monoisotopic (exact) mass is 262 g/mol. The number of benzene rings is 1. The van der Waals surface area contributed by atoms with E-state index in [2.05, 4.69) is 0 Å². The Labute approximate surface area is 109 Å². The highest BCUT2D eigenvalue weighted by Gasteiger charge is 2.28. The Morgan fingerprint density at radius 2 is 2.00 bits per heavy atom. The second-order valence-electron chi connectivity index (χ2n) is 3.34. The molecule has 0 unspecified atom stereocenters. The lowest BCUT2D eigenvalue weighted by Gasteiger charge is -2.02. The Bertz CT molecular complexity index is 508. The van der Waals surface area contributed by atoms with Crippen molar-refractivity contribution in [3.63, 3.8) is 0 Å². The lowest BCUT2D eigenvalue weighted by atomic mass is 10.2. The van der Waals surface area contributed by atoms with E-state index in [0.29, 0.717) is 9.23 Å². The molecule has 1 heterocycles. The summed E-state index contributed by atoms with van der Waals surface area (Å²) in [4.78, 5) is 12.1. The van der Waals surface area contributed by atoms with Gasteiger partial charge in [-0.1, -0.05) is 66.5 Å². The summed E-state index contributed by atoms with van der Waals surface area (Å²) in [6, 6.07) is 9.84. The van der Waals surface area contributed by atoms with Crippen LogP contribution in [-0.2, 0) is 4.79 Å². The van der Waals surface area contributed by atoms with Crippen molar-refractivity contribution in [2.75, 3.05) is 0 Å². The predicted molar refractivity (Wildman–Crippen MR) is 74.8 cm³/mol. The van der Waals surface area contributed by atoms with Crippen molar-refractivity contribution in [1.29, 1.82) is 0 Å². The van der Waals surface area contributed by atoms with Crippen LogP contribution in [0.5, 0.6) is 0 Å². The zero-order valence-corrected chi connectivity index (χ0v) is 10.5. The molecule has 3 nitrogen and oxygen atoms in total. The van der Waals surface area contributed by atoms with Gasteiger partial charge in [-0.15, -0.1) is 0 Å². The molecule has 0 atom stereocenters. The molecule has 1 saturated heterocycles. The summed E-state index contributed by atoms with van der Waals surface area (Å²) < 4.78 is 0.384. The highest BCUT2D eigenvalue weighted by atomic mass is 32.2. The topological polar surface area (TPSA) is 46.3 Å². The molecule has 1 fully saturated rings. The van der Waals surface area contributed by atoms with E-state index in [0.717, 1.165) is 10.6 Å². The third kappa shape index (κ3) is 2.82. The summed E-state index contributed by atoms with van der Waals surface area (Å²) >= 11 is 6.13. The number of rotatable bonds is 2. The lowest BCUT2D eigenvalue weighted by molar-refractivity contribution is -0.122. The van der Waals surface area contributed by atoms with Crippen molar-refractivity contribution in [3.05, 3.63) is 53.0 Å². The molecule has 2 N–H and O–H groups in total. The number of nitrogens with zero attached hydrogens (tertiary/aromatic N) is 1. The number of thioether (sulfide) groups is 1. The fourth-order valence-electron chi connectivity index (χ4n) is 1.30. The van der Waals surface area contributed by atoms with Crippen LogP contribution in [0.25, 0.3) is 6.08 Å². The molecule has 1 aromatic carbocycles. The van der Waals surface area contributed by atoms with Crippen LogP contribution in [0.15, 0.2) is 47.4 Å². The molecule has 0 aliphatic carbocycles. The quantitative estimate of drug-likeness (QED) is 0.384. The molecular formula is C12H10N2OS2. The first kappa shape index (κ1) is 12.0. The van der Waals surface area contributed by atoms with Crippen LogP contribution < -0.4 is 5.84 Å². The second kappa shape index (κ2) is 5.27. The number of hydrogen-bond donors (Lipinski definition) is 1. The molecule has 1 aromatic rings. The SMILES string of the molecule is NN1C(=O)C(=CC=Cc2ccccc2)SC1=S. The highest BCUT2D eigenvalue weighted by Crippen LogP contribution is 2.28. The molecule has 2 rings (SSSR count). The third-order valence-corrected chi connectivity index (χ3v) is 3.51. The van der Waals surface area contributed by atoms with Crippen LogP contribution in [0, 0.1) is 0 Å². The predicted octanol–water partition coefficient (Wildman–Crippen LogP) is 2.32. The van der Waals surface area contributed by atoms with Gasteiger partial charge in [0.05, 0.1) is 4.91 Å². The van der Waals surface area contributed by atoms with E-state index in [1.54, 1.807) is 6.08 Å². The Morgan fingerprint density at radius 1 is 1.29 bits per heavy atom. The van der Waals surface area contributed by atoms with E-state index in [-0.39, 0.29) is 5.91 Å². The van der Waals surface area contributed by atoms with E-state index in [4.69, 9.17) is 18.1 Å². The molecule has 5 heteroatoms. The molecule has 0 aromatic heterocycles. The summed E-state index contributed by atoms with van der Waals surface area (Å²) in [7, 11) is 0. The largest absolute Gasteiger partial charge is 0.280 e. The molecule has 0 spiro atoms. The second-order valence-corrected chi connectivity index (χ2v) is 5.02. The van der Waals surface area contributed by atoms with Gasteiger partial charge in [-0.25, -0.2) is 10.9 Å². The van der Waals surface area contributed by atoms with Gasteiger partial charge in [0, 0.05) is 0 Å². The van der Waals surface area contributed by atoms with Gasteiger partial charge in [0.25, 0.3) is 5.91 Å². The fourth-order valence-corrected chi connectivity index (χ4v) is 2.36. The molecular weight excluding hydrogens is 252 g/mol. The summed E-state index contributed by atoms with van der Waals surface area (Å²) in [5.74, 6) is 5.20. The Kier molecular flexibility index (Phi) is 3.73. The maximum atomic E-state index is 11.5. The van der Waals surface area contributed by atoms with Crippen LogP contribution in [-0.4, -0.2) is 15.2 Å². The zero-order chi connectivity index (χ0) is 12.3. The lowest BCUT2D eigenvalue weighted by Crippen LogP contribution is -2.34. The number of hydrazine groups is 1. The smallest absolute Gasteiger partial charge is 0.267 e. The van der Waals surface area contributed by atoms with Gasteiger partial charge < -0.3 is 0 Å². The third-order valence-electron chi connectivity index (χ3n) is 2.16. The zero-order valence-electron chi connectivity index (χ0n) is 8.87. The van der Waals surface area contributed by atoms with E-state index in [1.165, 1.54) is 11.8 Å². The summed E-state index contributed by atoms with van der Waals surface area (Å²) in [5, 5.41) is 0.988. The van der Waals surface area contributed by atoms with Crippen molar-refractivity contribution >= 4 is 40.3 Å². The first-order valence-electron chi connectivity index (χ1n) is 4.93. The summed E-state index contributed by atoms with van der Waals surface area (Å²) in [6.45, 7) is 0. The molecule has 86 valence electrons. The van der Waals surface area contributed by atoms with Crippen LogP contribution in [0.2, 0.25) is 0 Å². The van der Waals surface area contributed by atoms with E-state index < -0.39 is 0 Å². The Hall–Kier alpha value is -1.43. The first-order valence-corrected chi connectivity index (χ1v) is 6.15. The van der Waals surface area contributed by atoms with Crippen molar-refractivity contribution in [1.82, 2.24) is 5.01 Å². The molecule has 1 aliphatic rings. The van der Waals surface area contributed by atoms with Gasteiger partial charge in [-0.05, 0) is 11.6 Å². The normalized spacial score (nSPS) is 18.6. The van der Waals surface area contributed by atoms with Crippen molar-refractivity contribution in [2.24, 2.45) is 5.84 Å².